The lowest BCUT2D eigenvalue weighted by Crippen LogP contribution is -2.08. The summed E-state index contributed by atoms with van der Waals surface area (Å²) < 4.78 is 38.6. The first-order chi connectivity index (χ1) is 10.8. The van der Waals surface area contributed by atoms with E-state index in [0.717, 1.165) is 17.2 Å². The second-order valence-corrected chi connectivity index (χ2v) is 5.18. The molecular weight excluding hydrogens is 303 g/mol. The summed E-state index contributed by atoms with van der Waals surface area (Å²) in [6, 6.07) is 10.4. The molecule has 1 N–H and O–H groups in total. The molecule has 0 unspecified atom stereocenters. The fraction of sp³-hybridized carbons (Fsp3) is 0.167. The van der Waals surface area contributed by atoms with Crippen LogP contribution < -0.4 is 5.32 Å². The van der Waals surface area contributed by atoms with Crippen LogP contribution >= 0.6 is 0 Å². The summed E-state index contributed by atoms with van der Waals surface area (Å²) in [5, 5.41) is 2.53. The number of hydrogen-bond donors (Lipinski definition) is 1. The quantitative estimate of drug-likeness (QED) is 0.625. The van der Waals surface area contributed by atoms with Crippen molar-refractivity contribution < 1.29 is 18.0 Å². The Morgan fingerprint density at radius 1 is 1.04 bits per heavy atom. The van der Waals surface area contributed by atoms with Gasteiger partial charge in [0.1, 0.15) is 0 Å². The first-order valence-corrected chi connectivity index (χ1v) is 7.00. The van der Waals surface area contributed by atoms with Crippen molar-refractivity contribution in [3.63, 3.8) is 0 Å². The van der Waals surface area contributed by atoms with E-state index in [1.165, 1.54) is 30.5 Å². The number of carbonyl (C=O) groups is 1. The molecule has 0 aliphatic heterocycles. The zero-order valence-corrected chi connectivity index (χ0v) is 12.7. The summed E-state index contributed by atoms with van der Waals surface area (Å²) >= 11 is 0. The van der Waals surface area contributed by atoms with Crippen LogP contribution in [0, 0.1) is 13.8 Å². The van der Waals surface area contributed by atoms with Gasteiger partial charge in [-0.2, -0.15) is 13.2 Å². The molecule has 0 heterocycles. The van der Waals surface area contributed by atoms with E-state index in [-0.39, 0.29) is 11.5 Å². The molecule has 2 nitrogen and oxygen atoms in total. The summed E-state index contributed by atoms with van der Waals surface area (Å²) in [4.78, 5) is 12.0. The highest BCUT2D eigenvalue weighted by molar-refractivity contribution is 6.04. The molecule has 2 rings (SSSR count). The summed E-state index contributed by atoms with van der Waals surface area (Å²) in [5.41, 5.74) is 1.69. The van der Waals surface area contributed by atoms with E-state index in [1.807, 2.05) is 19.9 Å². The molecule has 0 amide bonds. The highest BCUT2D eigenvalue weighted by Gasteiger charge is 2.32. The van der Waals surface area contributed by atoms with Crippen molar-refractivity contribution in [1.29, 1.82) is 0 Å². The van der Waals surface area contributed by atoms with E-state index < -0.39 is 11.7 Å². The predicted molar refractivity (Wildman–Crippen MR) is 84.5 cm³/mol. The number of carbonyl (C=O) groups excluding carboxylic acids is 1. The van der Waals surface area contributed by atoms with Gasteiger partial charge in [0, 0.05) is 17.8 Å². The summed E-state index contributed by atoms with van der Waals surface area (Å²) in [6.45, 7) is 3.84. The number of benzene rings is 2. The maximum atomic E-state index is 12.9. The van der Waals surface area contributed by atoms with Crippen LogP contribution in [0.1, 0.15) is 27.0 Å². The van der Waals surface area contributed by atoms with Gasteiger partial charge in [-0.1, -0.05) is 24.3 Å². The maximum Gasteiger partial charge on any atom is 0.418 e. The average molecular weight is 319 g/mol. The van der Waals surface area contributed by atoms with E-state index >= 15 is 0 Å². The van der Waals surface area contributed by atoms with Crippen LogP contribution in [0.25, 0.3) is 0 Å². The second kappa shape index (κ2) is 6.69. The molecule has 23 heavy (non-hydrogen) atoms. The summed E-state index contributed by atoms with van der Waals surface area (Å²) in [5.74, 6) is -0.273. The molecule has 0 spiro atoms. The van der Waals surface area contributed by atoms with Gasteiger partial charge in [0.05, 0.1) is 11.3 Å². The second-order valence-electron chi connectivity index (χ2n) is 5.18. The van der Waals surface area contributed by atoms with Gasteiger partial charge in [-0.15, -0.1) is 0 Å². The van der Waals surface area contributed by atoms with Gasteiger partial charge in [-0.05, 0) is 43.2 Å². The lowest BCUT2D eigenvalue weighted by atomic mass is 10.0. The van der Waals surface area contributed by atoms with Crippen molar-refractivity contribution in [3.05, 3.63) is 77.0 Å². The molecule has 0 atom stereocenters. The van der Waals surface area contributed by atoms with Gasteiger partial charge in [0.25, 0.3) is 0 Å². The fourth-order valence-corrected chi connectivity index (χ4v) is 2.05. The van der Waals surface area contributed by atoms with E-state index in [2.05, 4.69) is 5.32 Å². The zero-order chi connectivity index (χ0) is 17.0. The largest absolute Gasteiger partial charge is 0.418 e. The minimum atomic E-state index is -4.45. The number of rotatable bonds is 4. The van der Waals surface area contributed by atoms with Crippen molar-refractivity contribution >= 4 is 11.5 Å². The standard InChI is InChI=1S/C18H16F3NO/c1-12-7-8-14(11-13(12)2)17(23)9-10-22-16-6-4-3-5-15(16)18(19,20)21/h3-11,22H,1-2H3/b10-9+. The first kappa shape index (κ1) is 16.8. The zero-order valence-electron chi connectivity index (χ0n) is 12.7. The van der Waals surface area contributed by atoms with Gasteiger partial charge in [0.15, 0.2) is 5.78 Å². The summed E-state index contributed by atoms with van der Waals surface area (Å²) in [6.07, 6.45) is -2.01. The molecule has 0 bridgehead atoms. The molecule has 0 fully saturated rings. The highest BCUT2D eigenvalue weighted by atomic mass is 19.4. The predicted octanol–water partition coefficient (Wildman–Crippen LogP) is 5.13. The molecule has 0 radical (unpaired) electrons. The first-order valence-electron chi connectivity index (χ1n) is 7.00. The number of anilines is 1. The van der Waals surface area contributed by atoms with Gasteiger partial charge >= 0.3 is 6.18 Å². The van der Waals surface area contributed by atoms with Crippen molar-refractivity contribution in [3.8, 4) is 0 Å². The smallest absolute Gasteiger partial charge is 0.361 e. The number of nitrogens with one attached hydrogen (secondary N) is 1. The molecule has 0 aliphatic rings. The number of alkyl halides is 3. The number of hydrogen-bond acceptors (Lipinski definition) is 2. The Kier molecular flexibility index (Phi) is 4.89. The van der Waals surface area contributed by atoms with Crippen molar-refractivity contribution in [2.45, 2.75) is 20.0 Å². The van der Waals surface area contributed by atoms with Crippen LogP contribution in [-0.2, 0) is 6.18 Å². The molecule has 2 aromatic carbocycles. The minimum absolute atomic E-state index is 0.0934. The number of halogens is 3. The van der Waals surface area contributed by atoms with Gasteiger partial charge in [-0.3, -0.25) is 4.79 Å². The topological polar surface area (TPSA) is 29.1 Å². The molecule has 5 heteroatoms. The third-order valence-corrected chi connectivity index (χ3v) is 3.50. The Hall–Kier alpha value is -2.56. The Bertz CT molecular complexity index is 748. The molecule has 2 aromatic rings. The number of para-hydroxylation sites is 1. The van der Waals surface area contributed by atoms with Crippen LogP contribution in [0.3, 0.4) is 0 Å². The highest BCUT2D eigenvalue weighted by Crippen LogP contribution is 2.34. The van der Waals surface area contributed by atoms with E-state index in [1.54, 1.807) is 12.1 Å². The van der Waals surface area contributed by atoms with Crippen molar-refractivity contribution in [2.75, 3.05) is 5.32 Å². The molecule has 0 aliphatic carbocycles. The number of allylic oxidation sites excluding steroid dienone is 1. The van der Waals surface area contributed by atoms with Gasteiger partial charge in [-0.25, -0.2) is 0 Å². The van der Waals surface area contributed by atoms with Crippen LogP contribution in [0.4, 0.5) is 18.9 Å². The molecule has 0 saturated heterocycles. The Morgan fingerprint density at radius 3 is 2.39 bits per heavy atom. The maximum absolute atomic E-state index is 12.9. The lowest BCUT2D eigenvalue weighted by Gasteiger charge is -2.11. The minimum Gasteiger partial charge on any atom is -0.361 e. The summed E-state index contributed by atoms with van der Waals surface area (Å²) in [7, 11) is 0. The lowest BCUT2D eigenvalue weighted by molar-refractivity contribution is -0.136. The van der Waals surface area contributed by atoms with Crippen LogP contribution in [0.15, 0.2) is 54.7 Å². The van der Waals surface area contributed by atoms with Crippen LogP contribution in [0.5, 0.6) is 0 Å². The van der Waals surface area contributed by atoms with Gasteiger partial charge < -0.3 is 5.32 Å². The molecule has 120 valence electrons. The third kappa shape index (κ3) is 4.22. The number of aryl methyl sites for hydroxylation is 2. The Morgan fingerprint density at radius 2 is 1.74 bits per heavy atom. The van der Waals surface area contributed by atoms with E-state index in [4.69, 9.17) is 0 Å². The normalized spacial score (nSPS) is 11.7. The fourth-order valence-electron chi connectivity index (χ4n) is 2.05. The third-order valence-electron chi connectivity index (χ3n) is 3.50. The van der Waals surface area contributed by atoms with Crippen molar-refractivity contribution in [2.24, 2.45) is 0 Å². The van der Waals surface area contributed by atoms with Crippen LogP contribution in [0.2, 0.25) is 0 Å². The Balaban J connectivity index is 2.13. The van der Waals surface area contributed by atoms with Crippen molar-refractivity contribution in [1.82, 2.24) is 0 Å². The SMILES string of the molecule is Cc1ccc(C(=O)/C=C/Nc2ccccc2C(F)(F)F)cc1C. The monoisotopic (exact) mass is 319 g/mol. The average Bonchev–Trinajstić information content (AvgIpc) is 2.49. The number of ketones is 1. The molecule has 0 aromatic heterocycles. The Labute approximate surface area is 132 Å². The molecule has 0 saturated carbocycles. The van der Waals surface area contributed by atoms with E-state index in [9.17, 15) is 18.0 Å². The molecular formula is C18H16F3NO. The van der Waals surface area contributed by atoms with E-state index in [0.29, 0.717) is 5.56 Å². The van der Waals surface area contributed by atoms with Gasteiger partial charge in [0.2, 0.25) is 0 Å². The van der Waals surface area contributed by atoms with Crippen LogP contribution in [-0.4, -0.2) is 5.78 Å².